The number of nitrogens with zero attached hydrogens (tertiary/aromatic N) is 1. The molecule has 2 aromatic rings. The molecule has 0 N–H and O–H groups in total. The molecule has 0 aliphatic carbocycles. The monoisotopic (exact) mass is 489 g/mol. The first-order valence-electron chi connectivity index (χ1n) is 9.99. The van der Waals surface area contributed by atoms with E-state index in [9.17, 15) is 4.79 Å². The highest BCUT2D eigenvalue weighted by Gasteiger charge is 2.31. The van der Waals surface area contributed by atoms with Crippen molar-refractivity contribution in [2.24, 2.45) is 0 Å². The molecule has 5 nitrogen and oxygen atoms in total. The number of thiocarbonyl (C=S) groups is 1. The summed E-state index contributed by atoms with van der Waals surface area (Å²) >= 11 is 12.6. The van der Waals surface area contributed by atoms with Crippen molar-refractivity contribution >= 4 is 51.9 Å². The molecule has 1 aliphatic heterocycles. The fourth-order valence-corrected chi connectivity index (χ4v) is 4.40. The van der Waals surface area contributed by atoms with Gasteiger partial charge in [0.2, 0.25) is 0 Å². The Hall–Kier alpha value is -2.48. The van der Waals surface area contributed by atoms with E-state index >= 15 is 0 Å². The zero-order chi connectivity index (χ0) is 23.1. The molecule has 0 aromatic heterocycles. The molecule has 0 radical (unpaired) electrons. The molecule has 1 saturated heterocycles. The zero-order valence-electron chi connectivity index (χ0n) is 17.9. The molecule has 0 bridgehead atoms. The van der Waals surface area contributed by atoms with Crippen molar-refractivity contribution in [2.75, 3.05) is 26.9 Å². The number of ether oxygens (including phenoxy) is 3. The van der Waals surface area contributed by atoms with Crippen molar-refractivity contribution in [3.05, 3.63) is 70.1 Å². The standard InChI is InChI=1S/C24H24ClNO4S2/c1-4-11-26-23(27)21(32-24(26)31)15-17-7-5-8-20(28-3)22(17)30-13-6-12-29-18-9-10-19(25)16(2)14-18/h4-5,7-10,14-15H,1,6,11-13H2,2-3H3/b21-15+. The maximum absolute atomic E-state index is 12.7. The average molecular weight is 490 g/mol. The van der Waals surface area contributed by atoms with Gasteiger partial charge in [0.1, 0.15) is 10.1 Å². The van der Waals surface area contributed by atoms with Gasteiger partial charge in [-0.1, -0.05) is 53.8 Å². The number of carbonyl (C=O) groups excluding carboxylic acids is 1. The first-order valence-corrected chi connectivity index (χ1v) is 11.6. The van der Waals surface area contributed by atoms with E-state index in [1.807, 2.05) is 43.3 Å². The number of benzene rings is 2. The second kappa shape index (κ2) is 11.4. The van der Waals surface area contributed by atoms with Crippen LogP contribution in [0.25, 0.3) is 6.08 Å². The molecule has 1 amide bonds. The van der Waals surface area contributed by atoms with Crippen molar-refractivity contribution in [1.29, 1.82) is 0 Å². The number of thioether (sulfide) groups is 1. The molecule has 3 rings (SSSR count). The summed E-state index contributed by atoms with van der Waals surface area (Å²) < 4.78 is 17.8. The molecule has 1 aliphatic rings. The van der Waals surface area contributed by atoms with Crippen LogP contribution in [0.1, 0.15) is 17.5 Å². The second-order valence-corrected chi connectivity index (χ2v) is 9.00. The van der Waals surface area contributed by atoms with Gasteiger partial charge in [0.05, 0.1) is 25.2 Å². The Morgan fingerprint density at radius 1 is 1.22 bits per heavy atom. The number of aryl methyl sites for hydroxylation is 1. The zero-order valence-corrected chi connectivity index (χ0v) is 20.3. The highest BCUT2D eigenvalue weighted by molar-refractivity contribution is 8.26. The molecule has 0 atom stereocenters. The topological polar surface area (TPSA) is 48.0 Å². The molecule has 1 fully saturated rings. The van der Waals surface area contributed by atoms with E-state index in [4.69, 9.17) is 38.0 Å². The van der Waals surface area contributed by atoms with Gasteiger partial charge in [-0.2, -0.15) is 0 Å². The Labute approximate surface area is 203 Å². The number of halogens is 1. The maximum Gasteiger partial charge on any atom is 0.266 e. The van der Waals surface area contributed by atoms with Crippen LogP contribution in [0.2, 0.25) is 5.02 Å². The van der Waals surface area contributed by atoms with Crippen molar-refractivity contribution in [1.82, 2.24) is 4.90 Å². The predicted molar refractivity (Wildman–Crippen MR) is 135 cm³/mol. The third-order valence-corrected chi connectivity index (χ3v) is 6.44. The molecule has 0 saturated carbocycles. The van der Waals surface area contributed by atoms with Gasteiger partial charge in [-0.05, 0) is 42.8 Å². The summed E-state index contributed by atoms with van der Waals surface area (Å²) in [5.41, 5.74) is 1.72. The number of amides is 1. The van der Waals surface area contributed by atoms with Crippen LogP contribution in [0.15, 0.2) is 54.0 Å². The van der Waals surface area contributed by atoms with E-state index in [2.05, 4.69) is 6.58 Å². The molecular weight excluding hydrogens is 466 g/mol. The van der Waals surface area contributed by atoms with Crippen LogP contribution in [0.5, 0.6) is 17.2 Å². The Balaban J connectivity index is 1.66. The minimum absolute atomic E-state index is 0.139. The summed E-state index contributed by atoms with van der Waals surface area (Å²) in [6, 6.07) is 11.1. The third-order valence-electron chi connectivity index (χ3n) is 4.63. The summed E-state index contributed by atoms with van der Waals surface area (Å²) in [5.74, 6) is 1.80. The summed E-state index contributed by atoms with van der Waals surface area (Å²) in [7, 11) is 1.58. The lowest BCUT2D eigenvalue weighted by Crippen LogP contribution is -2.27. The number of para-hydroxylation sites is 1. The maximum atomic E-state index is 12.7. The second-order valence-electron chi connectivity index (χ2n) is 6.92. The Kier molecular flexibility index (Phi) is 8.61. The van der Waals surface area contributed by atoms with Crippen LogP contribution in [0.4, 0.5) is 0 Å². The van der Waals surface area contributed by atoms with Crippen molar-refractivity contribution in [2.45, 2.75) is 13.3 Å². The van der Waals surface area contributed by atoms with Crippen LogP contribution >= 0.6 is 35.6 Å². The lowest BCUT2D eigenvalue weighted by atomic mass is 10.1. The van der Waals surface area contributed by atoms with E-state index in [-0.39, 0.29) is 5.91 Å². The first-order chi connectivity index (χ1) is 15.4. The van der Waals surface area contributed by atoms with E-state index in [1.165, 1.54) is 16.7 Å². The highest BCUT2D eigenvalue weighted by Crippen LogP contribution is 2.37. The highest BCUT2D eigenvalue weighted by atomic mass is 35.5. The van der Waals surface area contributed by atoms with Crippen LogP contribution < -0.4 is 14.2 Å². The number of rotatable bonds is 10. The van der Waals surface area contributed by atoms with Gasteiger partial charge in [0.25, 0.3) is 5.91 Å². The fourth-order valence-electron chi connectivity index (χ4n) is 3.02. The molecule has 0 unspecified atom stereocenters. The van der Waals surface area contributed by atoms with E-state index in [0.29, 0.717) is 51.9 Å². The quantitative estimate of drug-likeness (QED) is 0.179. The summed E-state index contributed by atoms with van der Waals surface area (Å²) in [4.78, 5) is 14.7. The Bertz CT molecular complexity index is 1050. The number of carbonyl (C=O) groups is 1. The van der Waals surface area contributed by atoms with Crippen LogP contribution in [-0.4, -0.2) is 42.0 Å². The van der Waals surface area contributed by atoms with Crippen LogP contribution in [-0.2, 0) is 4.79 Å². The first kappa shape index (κ1) is 24.2. The Morgan fingerprint density at radius 2 is 2.00 bits per heavy atom. The average Bonchev–Trinajstić information content (AvgIpc) is 3.04. The lowest BCUT2D eigenvalue weighted by Gasteiger charge is -2.14. The van der Waals surface area contributed by atoms with Crippen molar-refractivity contribution < 1.29 is 19.0 Å². The fraction of sp³-hybridized carbons (Fsp3) is 0.250. The minimum atomic E-state index is -0.139. The van der Waals surface area contributed by atoms with Gasteiger partial charge in [-0.25, -0.2) is 0 Å². The minimum Gasteiger partial charge on any atom is -0.493 e. The number of methoxy groups -OCH3 is 1. The number of hydrogen-bond acceptors (Lipinski definition) is 6. The van der Waals surface area contributed by atoms with Gasteiger partial charge in [-0.15, -0.1) is 6.58 Å². The molecule has 1 heterocycles. The van der Waals surface area contributed by atoms with Crippen LogP contribution in [0, 0.1) is 6.92 Å². The molecule has 32 heavy (non-hydrogen) atoms. The SMILES string of the molecule is C=CCN1C(=O)/C(=C\c2cccc(OC)c2OCCCOc2ccc(Cl)c(C)c2)SC1=S. The van der Waals surface area contributed by atoms with Crippen molar-refractivity contribution in [3.63, 3.8) is 0 Å². The van der Waals surface area contributed by atoms with E-state index in [1.54, 1.807) is 19.3 Å². The molecule has 0 spiro atoms. The van der Waals surface area contributed by atoms with E-state index in [0.717, 1.165) is 16.9 Å². The van der Waals surface area contributed by atoms with Crippen LogP contribution in [0.3, 0.4) is 0 Å². The molecular formula is C24H24ClNO4S2. The number of hydrogen-bond donors (Lipinski definition) is 0. The van der Waals surface area contributed by atoms with Gasteiger partial charge in [-0.3, -0.25) is 9.69 Å². The molecule has 168 valence electrons. The van der Waals surface area contributed by atoms with Gasteiger partial charge in [0, 0.05) is 23.6 Å². The van der Waals surface area contributed by atoms with Gasteiger partial charge >= 0.3 is 0 Å². The largest absolute Gasteiger partial charge is 0.493 e. The van der Waals surface area contributed by atoms with Gasteiger partial charge in [0.15, 0.2) is 11.5 Å². The smallest absolute Gasteiger partial charge is 0.266 e. The summed E-state index contributed by atoms with van der Waals surface area (Å²) in [5, 5.41) is 0.714. The molecule has 8 heteroatoms. The van der Waals surface area contributed by atoms with Crippen molar-refractivity contribution in [3.8, 4) is 17.2 Å². The Morgan fingerprint density at radius 3 is 2.72 bits per heavy atom. The molecule has 2 aromatic carbocycles. The summed E-state index contributed by atoms with van der Waals surface area (Å²) in [6.07, 6.45) is 4.11. The predicted octanol–water partition coefficient (Wildman–Crippen LogP) is 5.89. The summed E-state index contributed by atoms with van der Waals surface area (Å²) in [6.45, 7) is 6.92. The van der Waals surface area contributed by atoms with Gasteiger partial charge < -0.3 is 14.2 Å². The normalized spacial score (nSPS) is 14.7. The third kappa shape index (κ3) is 5.85. The lowest BCUT2D eigenvalue weighted by molar-refractivity contribution is -0.121. The van der Waals surface area contributed by atoms with E-state index < -0.39 is 0 Å².